The van der Waals surface area contributed by atoms with Gasteiger partial charge in [-0.3, -0.25) is 4.79 Å². The van der Waals surface area contributed by atoms with E-state index in [9.17, 15) is 14.7 Å². The number of hydrogen-bond acceptors (Lipinski definition) is 11. The largest absolute Gasteiger partial charge is 0.507 e. The van der Waals surface area contributed by atoms with Crippen LogP contribution in [0.2, 0.25) is 0 Å². The zero-order valence-electron chi connectivity index (χ0n) is 21.3. The number of fused-ring (bicyclic) bond motifs is 1. The number of aryl methyl sites for hydroxylation is 1. The molecule has 0 saturated carbocycles. The number of carbonyl (C=O) groups excluding carboxylic acids is 1. The number of imidazole rings is 1. The number of rotatable bonds is 11. The van der Waals surface area contributed by atoms with Gasteiger partial charge in [-0.05, 0) is 13.0 Å². The molecule has 0 saturated heterocycles. The van der Waals surface area contributed by atoms with Gasteiger partial charge in [0.05, 0.1) is 33.2 Å². The van der Waals surface area contributed by atoms with Gasteiger partial charge in [0, 0.05) is 37.1 Å². The first-order valence-corrected chi connectivity index (χ1v) is 11.6. The molecule has 200 valence electrons. The van der Waals surface area contributed by atoms with Gasteiger partial charge < -0.3 is 39.4 Å². The van der Waals surface area contributed by atoms with Gasteiger partial charge in [-0.2, -0.15) is 0 Å². The van der Waals surface area contributed by atoms with E-state index in [1.165, 1.54) is 40.1 Å². The molecule has 1 amide bonds. The van der Waals surface area contributed by atoms with Crippen LogP contribution in [0.4, 0.5) is 5.82 Å². The van der Waals surface area contributed by atoms with Gasteiger partial charge in [-0.15, -0.1) is 0 Å². The van der Waals surface area contributed by atoms with Crippen LogP contribution in [0.5, 0.6) is 23.0 Å². The lowest BCUT2D eigenvalue weighted by Gasteiger charge is -2.22. The summed E-state index contributed by atoms with van der Waals surface area (Å²) in [5, 5.41) is 16.6. The standard InChI is InChI=1S/C25H28N6O7/c1-13-9-16(32)19(25(34)38-13)15(14-5-6-17(35-2)22(37-4)21(14)36-3)10-18(33)26-7-8-27-23-20-24(29-11-28-20)31-12-30-23/h5-6,9,11-12,15,32H,7-8,10H2,1-4H3,(H,26,33)(H2,27,28,29,30,31)/t15-/m0/s1. The molecule has 0 aliphatic carbocycles. The van der Waals surface area contributed by atoms with Crippen molar-refractivity contribution in [2.45, 2.75) is 19.3 Å². The number of ether oxygens (including phenoxy) is 3. The van der Waals surface area contributed by atoms with Crippen LogP contribution in [0.1, 0.15) is 29.2 Å². The Bertz CT molecular complexity index is 1500. The molecule has 0 fully saturated rings. The van der Waals surface area contributed by atoms with Crippen LogP contribution in [0.3, 0.4) is 0 Å². The number of benzene rings is 1. The van der Waals surface area contributed by atoms with Crippen LogP contribution in [0, 0.1) is 6.92 Å². The normalized spacial score (nSPS) is 11.7. The second kappa shape index (κ2) is 11.5. The van der Waals surface area contributed by atoms with Gasteiger partial charge in [0.1, 0.15) is 23.4 Å². The molecule has 13 nitrogen and oxygen atoms in total. The molecule has 1 aromatic carbocycles. The fraction of sp³-hybridized carbons (Fsp3) is 0.320. The van der Waals surface area contributed by atoms with Crippen molar-refractivity contribution in [1.29, 1.82) is 0 Å². The van der Waals surface area contributed by atoms with E-state index in [0.29, 0.717) is 34.8 Å². The van der Waals surface area contributed by atoms with Gasteiger partial charge in [0.15, 0.2) is 23.0 Å². The zero-order valence-corrected chi connectivity index (χ0v) is 21.3. The van der Waals surface area contributed by atoms with Crippen LogP contribution >= 0.6 is 0 Å². The van der Waals surface area contributed by atoms with Crippen LogP contribution in [-0.4, -0.2) is 65.4 Å². The maximum absolute atomic E-state index is 13.1. The van der Waals surface area contributed by atoms with E-state index < -0.39 is 11.5 Å². The smallest absolute Gasteiger partial charge is 0.343 e. The van der Waals surface area contributed by atoms with Crippen molar-refractivity contribution >= 4 is 22.9 Å². The van der Waals surface area contributed by atoms with E-state index in [4.69, 9.17) is 18.6 Å². The van der Waals surface area contributed by atoms with E-state index in [1.54, 1.807) is 19.1 Å². The highest BCUT2D eigenvalue weighted by Gasteiger charge is 2.30. The Morgan fingerprint density at radius 3 is 2.61 bits per heavy atom. The molecule has 3 aromatic heterocycles. The fourth-order valence-electron chi connectivity index (χ4n) is 4.23. The van der Waals surface area contributed by atoms with E-state index in [2.05, 4.69) is 30.6 Å². The van der Waals surface area contributed by atoms with Crippen molar-refractivity contribution in [1.82, 2.24) is 25.3 Å². The summed E-state index contributed by atoms with van der Waals surface area (Å²) in [7, 11) is 4.37. The summed E-state index contributed by atoms with van der Waals surface area (Å²) in [5.74, 6) is 0.160. The number of nitrogens with one attached hydrogen (secondary N) is 3. The molecule has 4 rings (SSSR count). The molecule has 0 unspecified atom stereocenters. The van der Waals surface area contributed by atoms with Gasteiger partial charge in [-0.25, -0.2) is 19.7 Å². The summed E-state index contributed by atoms with van der Waals surface area (Å²) >= 11 is 0. The first-order chi connectivity index (χ1) is 18.4. The molecule has 0 bridgehead atoms. The molecule has 4 aromatic rings. The fourth-order valence-corrected chi connectivity index (χ4v) is 4.23. The molecule has 4 N–H and O–H groups in total. The monoisotopic (exact) mass is 524 g/mol. The third-order valence-corrected chi connectivity index (χ3v) is 5.90. The van der Waals surface area contributed by atoms with Gasteiger partial charge >= 0.3 is 5.63 Å². The van der Waals surface area contributed by atoms with Crippen LogP contribution < -0.4 is 30.5 Å². The molecule has 0 radical (unpaired) electrons. The first-order valence-electron chi connectivity index (χ1n) is 11.6. The highest BCUT2D eigenvalue weighted by molar-refractivity contribution is 5.82. The third kappa shape index (κ3) is 5.31. The molecule has 1 atom stereocenters. The molecular formula is C25H28N6O7. The lowest BCUT2D eigenvalue weighted by Crippen LogP contribution is -2.31. The predicted molar refractivity (Wildman–Crippen MR) is 137 cm³/mol. The number of amides is 1. The third-order valence-electron chi connectivity index (χ3n) is 5.90. The minimum atomic E-state index is -0.916. The Morgan fingerprint density at radius 2 is 1.89 bits per heavy atom. The second-order valence-corrected chi connectivity index (χ2v) is 8.22. The van der Waals surface area contributed by atoms with Gasteiger partial charge in [0.25, 0.3) is 0 Å². The topological polar surface area (TPSA) is 174 Å². The Morgan fingerprint density at radius 1 is 1.11 bits per heavy atom. The Balaban J connectivity index is 1.57. The number of methoxy groups -OCH3 is 3. The number of aromatic nitrogens is 4. The lowest BCUT2D eigenvalue weighted by molar-refractivity contribution is -0.121. The van der Waals surface area contributed by atoms with Crippen LogP contribution in [0.25, 0.3) is 11.2 Å². The van der Waals surface area contributed by atoms with Crippen molar-refractivity contribution in [3.63, 3.8) is 0 Å². The minimum absolute atomic E-state index is 0.0722. The maximum Gasteiger partial charge on any atom is 0.343 e. The molecule has 38 heavy (non-hydrogen) atoms. The Hall–Kier alpha value is -4.81. The summed E-state index contributed by atoms with van der Waals surface area (Å²) in [6, 6.07) is 4.62. The van der Waals surface area contributed by atoms with E-state index >= 15 is 0 Å². The van der Waals surface area contributed by atoms with Crippen LogP contribution in [-0.2, 0) is 4.79 Å². The average molecular weight is 525 g/mol. The quantitative estimate of drug-likeness (QED) is 0.212. The maximum atomic E-state index is 13.1. The minimum Gasteiger partial charge on any atom is -0.507 e. The van der Waals surface area contributed by atoms with E-state index in [-0.39, 0.29) is 47.4 Å². The number of aromatic amines is 1. The highest BCUT2D eigenvalue weighted by atomic mass is 16.5. The summed E-state index contributed by atoms with van der Waals surface area (Å²) in [6.07, 6.45) is 2.72. The number of H-pyrrole nitrogens is 1. The molecule has 3 heterocycles. The number of nitrogens with zero attached hydrogens (tertiary/aromatic N) is 3. The van der Waals surface area contributed by atoms with E-state index in [1.807, 2.05) is 0 Å². The number of carbonyl (C=O) groups is 1. The summed E-state index contributed by atoms with van der Waals surface area (Å²) in [6.45, 7) is 2.16. The van der Waals surface area contributed by atoms with Crippen molar-refractivity contribution in [3.8, 4) is 23.0 Å². The van der Waals surface area contributed by atoms with Gasteiger partial charge in [-0.1, -0.05) is 6.07 Å². The van der Waals surface area contributed by atoms with E-state index in [0.717, 1.165) is 0 Å². The average Bonchev–Trinajstić information content (AvgIpc) is 3.38. The molecule has 0 aliphatic heterocycles. The SMILES string of the molecule is COc1ccc([C@H](CC(=O)NCCNc2ncnc3nc[nH]c23)c2c(O)cc(C)oc2=O)c(OC)c1OC. The van der Waals surface area contributed by atoms with Gasteiger partial charge in [0.2, 0.25) is 11.7 Å². The number of hydrogen-bond donors (Lipinski definition) is 4. The highest BCUT2D eigenvalue weighted by Crippen LogP contribution is 2.45. The van der Waals surface area contributed by atoms with Crippen LogP contribution in [0.15, 0.2) is 40.1 Å². The molecule has 13 heteroatoms. The summed E-state index contributed by atoms with van der Waals surface area (Å²) < 4.78 is 21.7. The van der Waals surface area contributed by atoms with Crippen molar-refractivity contribution in [3.05, 3.63) is 58.2 Å². The molecule has 0 aliphatic rings. The predicted octanol–water partition coefficient (Wildman–Crippen LogP) is 2.10. The van der Waals surface area contributed by atoms with Crippen molar-refractivity contribution < 1.29 is 28.5 Å². The first kappa shape index (κ1) is 26.3. The van der Waals surface area contributed by atoms with Crippen molar-refractivity contribution in [2.75, 3.05) is 39.7 Å². The zero-order chi connectivity index (χ0) is 27.2. The number of aromatic hydroxyl groups is 1. The Labute approximate surface area is 217 Å². The summed E-state index contributed by atoms with van der Waals surface area (Å²) in [4.78, 5) is 41.2. The number of anilines is 1. The molecule has 0 spiro atoms. The molecular weight excluding hydrogens is 496 g/mol. The second-order valence-electron chi connectivity index (χ2n) is 8.22. The summed E-state index contributed by atoms with van der Waals surface area (Å²) in [5.41, 5.74) is 0.784. The van der Waals surface area contributed by atoms with Crippen molar-refractivity contribution in [2.24, 2.45) is 0 Å². The lowest BCUT2D eigenvalue weighted by atomic mass is 9.87. The Kier molecular flexibility index (Phi) is 7.94.